The van der Waals surface area contributed by atoms with Gasteiger partial charge in [-0.2, -0.15) is 0 Å². The smallest absolute Gasteiger partial charge is 0.218 e. The molecule has 12 heteroatoms. The molecule has 0 aromatic rings. The maximum Gasteiger partial charge on any atom is 0.218 e. The maximum absolute atomic E-state index is 11.4. The molecule has 0 aromatic heterocycles. The summed E-state index contributed by atoms with van der Waals surface area (Å²) in [7, 11) is 0. The van der Waals surface area contributed by atoms with Crippen LogP contribution in [0.25, 0.3) is 0 Å². The van der Waals surface area contributed by atoms with Crippen LogP contribution in [0.5, 0.6) is 0 Å². The molecule has 0 radical (unpaired) electrons. The second kappa shape index (κ2) is 9.05. The van der Waals surface area contributed by atoms with Gasteiger partial charge in [0.1, 0.15) is 30.5 Å². The van der Waals surface area contributed by atoms with E-state index in [1.54, 1.807) is 0 Å². The molecule has 0 spiro atoms. The summed E-state index contributed by atoms with van der Waals surface area (Å²) < 4.78 is 16.0. The van der Waals surface area contributed by atoms with E-state index in [0.717, 1.165) is 0 Å². The van der Waals surface area contributed by atoms with E-state index in [4.69, 9.17) is 14.2 Å². The van der Waals surface area contributed by atoms with E-state index in [1.165, 1.54) is 6.92 Å². The minimum atomic E-state index is -2.38. The third kappa shape index (κ3) is 4.92. The number of ether oxygens (including phenoxy) is 3. The van der Waals surface area contributed by atoms with Gasteiger partial charge in [-0.05, 0) is 0 Å². The van der Waals surface area contributed by atoms with Crippen molar-refractivity contribution in [3.63, 3.8) is 0 Å². The first kappa shape index (κ1) is 22.4. The second-order valence-corrected chi connectivity index (χ2v) is 6.76. The molecule has 2 aliphatic rings. The Bertz CT molecular complexity index is 508. The Kier molecular flexibility index (Phi) is 7.49. The van der Waals surface area contributed by atoms with E-state index in [1.807, 2.05) is 0 Å². The fourth-order valence-corrected chi connectivity index (χ4v) is 3.15. The van der Waals surface area contributed by atoms with Gasteiger partial charge in [0.15, 0.2) is 6.29 Å². The minimum Gasteiger partial charge on any atom is -0.394 e. The standard InChI is InChI=1S/C15H27NO11/c1-6(19)16-10-12(22)11(21)9(3-17)26-14(10)25-4-7-2-8(20)13(23)15(24,5-18)27-7/h7-14,17-18,20-24H,2-5H2,1H3,(H,16,19)/t7-,8-,9+,10+,11+,12+,13+,14-,15?/m0/s1. The van der Waals surface area contributed by atoms with E-state index < -0.39 is 73.9 Å². The quantitative estimate of drug-likeness (QED) is 0.214. The first-order chi connectivity index (χ1) is 12.6. The van der Waals surface area contributed by atoms with Gasteiger partial charge in [-0.3, -0.25) is 4.79 Å². The lowest BCUT2D eigenvalue weighted by atomic mass is 9.95. The van der Waals surface area contributed by atoms with Crippen molar-refractivity contribution in [3.8, 4) is 0 Å². The van der Waals surface area contributed by atoms with Crippen LogP contribution >= 0.6 is 0 Å². The Balaban J connectivity index is 2.05. The number of carbonyl (C=O) groups is 1. The number of carbonyl (C=O) groups excluding carboxylic acids is 1. The van der Waals surface area contributed by atoms with Gasteiger partial charge in [0.2, 0.25) is 11.7 Å². The molecular formula is C15H27NO11. The summed E-state index contributed by atoms with van der Waals surface area (Å²) in [6.45, 7) is -0.695. The van der Waals surface area contributed by atoms with Gasteiger partial charge < -0.3 is 55.3 Å². The maximum atomic E-state index is 11.4. The van der Waals surface area contributed by atoms with E-state index in [9.17, 15) is 40.5 Å². The van der Waals surface area contributed by atoms with Crippen LogP contribution in [0.3, 0.4) is 0 Å². The van der Waals surface area contributed by atoms with Crippen LogP contribution in [0.1, 0.15) is 13.3 Å². The molecule has 1 amide bonds. The monoisotopic (exact) mass is 397 g/mol. The highest BCUT2D eigenvalue weighted by Crippen LogP contribution is 2.29. The Morgan fingerprint density at radius 3 is 2.44 bits per heavy atom. The van der Waals surface area contributed by atoms with Crippen LogP contribution in [0.15, 0.2) is 0 Å². The first-order valence-corrected chi connectivity index (χ1v) is 8.51. The summed E-state index contributed by atoms with van der Waals surface area (Å²) >= 11 is 0. The normalized spacial score (nSPS) is 45.5. The van der Waals surface area contributed by atoms with E-state index >= 15 is 0 Å². The number of hydrogen-bond acceptors (Lipinski definition) is 11. The fraction of sp³-hybridized carbons (Fsp3) is 0.933. The van der Waals surface area contributed by atoms with Crippen LogP contribution in [-0.2, 0) is 19.0 Å². The van der Waals surface area contributed by atoms with Crippen molar-refractivity contribution in [1.82, 2.24) is 5.32 Å². The van der Waals surface area contributed by atoms with Crippen LogP contribution in [0.2, 0.25) is 0 Å². The minimum absolute atomic E-state index is 0.129. The molecule has 9 atom stereocenters. The zero-order valence-electron chi connectivity index (χ0n) is 14.7. The van der Waals surface area contributed by atoms with Gasteiger partial charge in [0.25, 0.3) is 0 Å². The molecular weight excluding hydrogens is 370 g/mol. The zero-order chi connectivity index (χ0) is 20.4. The predicted molar refractivity (Wildman–Crippen MR) is 84.9 cm³/mol. The number of aliphatic hydroxyl groups excluding tert-OH is 6. The van der Waals surface area contributed by atoms with Crippen molar-refractivity contribution < 1.29 is 54.8 Å². The molecule has 12 nitrogen and oxygen atoms in total. The number of nitrogens with one attached hydrogen (secondary N) is 1. The van der Waals surface area contributed by atoms with Crippen molar-refractivity contribution in [3.05, 3.63) is 0 Å². The Labute approximate surface area is 154 Å². The van der Waals surface area contributed by atoms with Crippen LogP contribution in [0, 0.1) is 0 Å². The molecule has 158 valence electrons. The summed E-state index contributed by atoms with van der Waals surface area (Å²) in [5.74, 6) is -2.90. The van der Waals surface area contributed by atoms with Crippen molar-refractivity contribution in [2.24, 2.45) is 0 Å². The molecule has 2 rings (SSSR count). The molecule has 0 aliphatic carbocycles. The molecule has 2 saturated heterocycles. The number of rotatable bonds is 6. The Morgan fingerprint density at radius 2 is 1.89 bits per heavy atom. The van der Waals surface area contributed by atoms with Gasteiger partial charge >= 0.3 is 0 Å². The molecule has 1 unspecified atom stereocenters. The molecule has 2 fully saturated rings. The van der Waals surface area contributed by atoms with Gasteiger partial charge in [-0.15, -0.1) is 0 Å². The third-order valence-corrected chi connectivity index (χ3v) is 4.63. The topological polar surface area (TPSA) is 198 Å². The van der Waals surface area contributed by atoms with Crippen LogP contribution in [0.4, 0.5) is 0 Å². The lowest BCUT2D eigenvalue weighted by Crippen LogP contribution is -2.65. The molecule has 2 aliphatic heterocycles. The average Bonchev–Trinajstić information content (AvgIpc) is 2.62. The third-order valence-electron chi connectivity index (χ3n) is 4.63. The molecule has 27 heavy (non-hydrogen) atoms. The second-order valence-electron chi connectivity index (χ2n) is 6.76. The highest BCUT2D eigenvalue weighted by molar-refractivity contribution is 5.73. The molecule has 8 N–H and O–H groups in total. The summed E-state index contributed by atoms with van der Waals surface area (Å²) in [5, 5.41) is 70.5. The molecule has 0 aromatic carbocycles. The Morgan fingerprint density at radius 1 is 1.22 bits per heavy atom. The average molecular weight is 397 g/mol. The molecule has 0 saturated carbocycles. The predicted octanol–water partition coefficient (Wildman–Crippen LogP) is -4.86. The molecule has 2 heterocycles. The lowest BCUT2D eigenvalue weighted by Gasteiger charge is -2.44. The number of amides is 1. The van der Waals surface area contributed by atoms with Crippen LogP contribution in [-0.4, -0.2) is 116 Å². The summed E-state index contributed by atoms with van der Waals surface area (Å²) in [6, 6.07) is -1.16. The van der Waals surface area contributed by atoms with Crippen molar-refractivity contribution in [2.75, 3.05) is 19.8 Å². The van der Waals surface area contributed by atoms with Crippen LogP contribution < -0.4 is 5.32 Å². The van der Waals surface area contributed by atoms with Crippen molar-refractivity contribution in [1.29, 1.82) is 0 Å². The highest BCUT2D eigenvalue weighted by atomic mass is 16.7. The van der Waals surface area contributed by atoms with E-state index in [-0.39, 0.29) is 13.0 Å². The number of hydrogen-bond donors (Lipinski definition) is 8. The van der Waals surface area contributed by atoms with Gasteiger partial charge in [-0.25, -0.2) is 0 Å². The van der Waals surface area contributed by atoms with Gasteiger partial charge in [0, 0.05) is 13.3 Å². The lowest BCUT2D eigenvalue weighted by molar-refractivity contribution is -0.345. The SMILES string of the molecule is CC(=O)N[C@H]1[C@@H](OC[C@@H]2C[C@H](O)[C@@H](O)C(O)(CO)O2)O[C@H](CO)[C@@H](O)[C@@H]1O. The largest absolute Gasteiger partial charge is 0.394 e. The summed E-state index contributed by atoms with van der Waals surface area (Å²) in [5.41, 5.74) is 0. The van der Waals surface area contributed by atoms with Crippen molar-refractivity contribution in [2.45, 2.75) is 68.1 Å². The van der Waals surface area contributed by atoms with Gasteiger partial charge in [-0.1, -0.05) is 0 Å². The summed E-state index contributed by atoms with van der Waals surface area (Å²) in [6.07, 6.45) is -9.58. The van der Waals surface area contributed by atoms with E-state index in [0.29, 0.717) is 0 Å². The van der Waals surface area contributed by atoms with Gasteiger partial charge in [0.05, 0.1) is 32.0 Å². The molecule has 0 bridgehead atoms. The zero-order valence-corrected chi connectivity index (χ0v) is 14.7. The highest BCUT2D eigenvalue weighted by Gasteiger charge is 2.49. The fourth-order valence-electron chi connectivity index (χ4n) is 3.15. The first-order valence-electron chi connectivity index (χ1n) is 8.51. The number of aliphatic hydroxyl groups is 7. The van der Waals surface area contributed by atoms with Crippen molar-refractivity contribution >= 4 is 5.91 Å². The Hall–Kier alpha value is -0.930. The summed E-state index contributed by atoms with van der Waals surface area (Å²) in [4.78, 5) is 11.4. The van der Waals surface area contributed by atoms with E-state index in [2.05, 4.69) is 5.32 Å².